The molecule has 0 radical (unpaired) electrons. The average Bonchev–Trinajstić information content (AvgIpc) is 3.41. The molecule has 1 atom stereocenters. The van der Waals surface area contributed by atoms with Crippen LogP contribution in [0.5, 0.6) is 5.75 Å². The molecule has 2 aromatic carbocycles. The van der Waals surface area contributed by atoms with Crippen LogP contribution in [0, 0.1) is 0 Å². The van der Waals surface area contributed by atoms with E-state index in [0.717, 1.165) is 24.0 Å². The predicted octanol–water partition coefficient (Wildman–Crippen LogP) is 4.12. The standard InChI is InChI=1S/C26H27NO5/c1-18-24(26(29)30-2)22(25(28)27(18)16-21-12-8-14-31-21)15-20-11-6-7-13-23(20)32-17-19-9-4-3-5-10-19/h3-7,9-11,13,15,21H,8,12,14,16-17H2,1-2H3. The van der Waals surface area contributed by atoms with Gasteiger partial charge in [-0.25, -0.2) is 4.79 Å². The summed E-state index contributed by atoms with van der Waals surface area (Å²) < 4.78 is 16.7. The number of ether oxygens (including phenoxy) is 3. The minimum absolute atomic E-state index is 0.0198. The Morgan fingerprint density at radius 2 is 1.91 bits per heavy atom. The Morgan fingerprint density at radius 1 is 1.16 bits per heavy atom. The van der Waals surface area contributed by atoms with Crippen LogP contribution >= 0.6 is 0 Å². The minimum atomic E-state index is -0.528. The molecule has 1 fully saturated rings. The van der Waals surface area contributed by atoms with Crippen LogP contribution in [0.1, 0.15) is 30.9 Å². The second-order valence-corrected chi connectivity index (χ2v) is 7.87. The van der Waals surface area contributed by atoms with Crippen molar-refractivity contribution in [3.63, 3.8) is 0 Å². The zero-order chi connectivity index (χ0) is 22.5. The molecule has 2 aliphatic heterocycles. The monoisotopic (exact) mass is 433 g/mol. The van der Waals surface area contributed by atoms with Gasteiger partial charge in [-0.1, -0.05) is 48.5 Å². The van der Waals surface area contributed by atoms with E-state index in [4.69, 9.17) is 14.2 Å². The number of carbonyl (C=O) groups is 2. The van der Waals surface area contributed by atoms with E-state index in [1.807, 2.05) is 54.6 Å². The molecule has 0 aromatic heterocycles. The van der Waals surface area contributed by atoms with Gasteiger partial charge < -0.3 is 19.1 Å². The molecule has 0 spiro atoms. The molecule has 1 unspecified atom stereocenters. The van der Waals surface area contributed by atoms with Gasteiger partial charge in [0.2, 0.25) is 0 Å². The molecule has 2 aliphatic rings. The number of allylic oxidation sites excluding steroid dienone is 1. The van der Waals surface area contributed by atoms with Crippen molar-refractivity contribution in [2.75, 3.05) is 20.3 Å². The first-order valence-electron chi connectivity index (χ1n) is 10.8. The van der Waals surface area contributed by atoms with Gasteiger partial charge in [0.25, 0.3) is 5.91 Å². The summed E-state index contributed by atoms with van der Waals surface area (Å²) in [4.78, 5) is 27.6. The highest BCUT2D eigenvalue weighted by molar-refractivity contribution is 6.16. The van der Waals surface area contributed by atoms with Crippen LogP contribution in [-0.4, -0.2) is 43.1 Å². The van der Waals surface area contributed by atoms with Crippen molar-refractivity contribution in [2.45, 2.75) is 32.5 Å². The zero-order valence-electron chi connectivity index (χ0n) is 18.4. The summed E-state index contributed by atoms with van der Waals surface area (Å²) in [6.45, 7) is 3.30. The van der Waals surface area contributed by atoms with Crippen LogP contribution in [-0.2, 0) is 25.7 Å². The van der Waals surface area contributed by atoms with Gasteiger partial charge in [0.05, 0.1) is 30.9 Å². The topological polar surface area (TPSA) is 65.1 Å². The highest BCUT2D eigenvalue weighted by atomic mass is 16.5. The molecule has 166 valence electrons. The predicted molar refractivity (Wildman–Crippen MR) is 121 cm³/mol. The molecule has 0 N–H and O–H groups in total. The number of amides is 1. The summed E-state index contributed by atoms with van der Waals surface area (Å²) in [5.41, 5.74) is 2.95. The van der Waals surface area contributed by atoms with E-state index < -0.39 is 5.97 Å². The quantitative estimate of drug-likeness (QED) is 0.486. The molecule has 4 rings (SSSR count). The number of hydrogen-bond donors (Lipinski definition) is 0. The van der Waals surface area contributed by atoms with Crippen molar-refractivity contribution in [3.8, 4) is 5.75 Å². The summed E-state index contributed by atoms with van der Waals surface area (Å²) in [7, 11) is 1.32. The molecule has 1 amide bonds. The van der Waals surface area contributed by atoms with Crippen molar-refractivity contribution in [3.05, 3.63) is 82.6 Å². The van der Waals surface area contributed by atoms with Crippen molar-refractivity contribution >= 4 is 18.0 Å². The Kier molecular flexibility index (Phi) is 6.71. The van der Waals surface area contributed by atoms with Crippen molar-refractivity contribution in [1.82, 2.24) is 4.90 Å². The molecule has 0 aliphatic carbocycles. The first-order chi connectivity index (χ1) is 15.6. The Balaban J connectivity index is 1.64. The van der Waals surface area contributed by atoms with E-state index in [2.05, 4.69) is 0 Å². The number of para-hydroxylation sites is 1. The van der Waals surface area contributed by atoms with Gasteiger partial charge >= 0.3 is 5.97 Å². The molecular weight excluding hydrogens is 406 g/mol. The smallest absolute Gasteiger partial charge is 0.340 e. The average molecular weight is 434 g/mol. The van der Waals surface area contributed by atoms with Crippen LogP contribution in [0.2, 0.25) is 0 Å². The summed E-state index contributed by atoms with van der Waals surface area (Å²) in [6.07, 6.45) is 3.58. The highest BCUT2D eigenvalue weighted by Crippen LogP contribution is 2.34. The number of benzene rings is 2. The fraction of sp³-hybridized carbons (Fsp3) is 0.308. The van der Waals surface area contributed by atoms with Crippen LogP contribution in [0.3, 0.4) is 0 Å². The maximum Gasteiger partial charge on any atom is 0.340 e. The van der Waals surface area contributed by atoms with E-state index in [1.165, 1.54) is 7.11 Å². The van der Waals surface area contributed by atoms with Crippen molar-refractivity contribution < 1.29 is 23.8 Å². The summed E-state index contributed by atoms with van der Waals surface area (Å²) in [5.74, 6) is -0.119. The molecule has 2 heterocycles. The fourth-order valence-corrected chi connectivity index (χ4v) is 4.06. The molecular formula is C26H27NO5. The van der Waals surface area contributed by atoms with Gasteiger partial charge in [0.1, 0.15) is 12.4 Å². The van der Waals surface area contributed by atoms with Crippen LogP contribution in [0.4, 0.5) is 0 Å². The highest BCUT2D eigenvalue weighted by Gasteiger charge is 2.38. The molecule has 32 heavy (non-hydrogen) atoms. The summed E-state index contributed by atoms with van der Waals surface area (Å²) >= 11 is 0. The lowest BCUT2D eigenvalue weighted by Gasteiger charge is -2.21. The Labute approximate surface area is 188 Å². The first-order valence-corrected chi connectivity index (χ1v) is 10.8. The SMILES string of the molecule is COC(=O)C1=C(C)N(CC2CCCO2)C(=O)C1=Cc1ccccc1OCc1ccccc1. The Bertz CT molecular complexity index is 1050. The fourth-order valence-electron chi connectivity index (χ4n) is 4.06. The van der Waals surface area contributed by atoms with Gasteiger partial charge in [-0.15, -0.1) is 0 Å². The van der Waals surface area contributed by atoms with Crippen molar-refractivity contribution in [2.24, 2.45) is 0 Å². The number of methoxy groups -OCH3 is 1. The molecule has 0 bridgehead atoms. The lowest BCUT2D eigenvalue weighted by molar-refractivity contribution is -0.136. The van der Waals surface area contributed by atoms with Gasteiger partial charge in [0.15, 0.2) is 0 Å². The molecule has 1 saturated heterocycles. The van der Waals surface area contributed by atoms with Gasteiger partial charge in [-0.05, 0) is 37.5 Å². The lowest BCUT2D eigenvalue weighted by atomic mass is 10.0. The summed E-state index contributed by atoms with van der Waals surface area (Å²) in [6, 6.07) is 17.3. The molecule has 6 heteroatoms. The third kappa shape index (κ3) is 4.60. The second kappa shape index (κ2) is 9.83. The largest absolute Gasteiger partial charge is 0.488 e. The summed E-state index contributed by atoms with van der Waals surface area (Å²) in [5, 5.41) is 0. The Morgan fingerprint density at radius 3 is 2.62 bits per heavy atom. The molecule has 2 aromatic rings. The third-order valence-corrected chi connectivity index (χ3v) is 5.77. The third-order valence-electron chi connectivity index (χ3n) is 5.77. The number of rotatable bonds is 7. The maximum atomic E-state index is 13.3. The zero-order valence-corrected chi connectivity index (χ0v) is 18.4. The molecule has 6 nitrogen and oxygen atoms in total. The minimum Gasteiger partial charge on any atom is -0.488 e. The van der Waals surface area contributed by atoms with Gasteiger partial charge in [0, 0.05) is 17.9 Å². The normalized spacial score (nSPS) is 19.7. The van der Waals surface area contributed by atoms with Crippen LogP contribution in [0.25, 0.3) is 6.08 Å². The number of esters is 1. The van der Waals surface area contributed by atoms with E-state index in [1.54, 1.807) is 17.9 Å². The number of carbonyl (C=O) groups excluding carboxylic acids is 2. The van der Waals surface area contributed by atoms with Gasteiger partial charge in [-0.3, -0.25) is 4.79 Å². The van der Waals surface area contributed by atoms with Crippen LogP contribution in [0.15, 0.2) is 71.4 Å². The van der Waals surface area contributed by atoms with E-state index >= 15 is 0 Å². The first kappa shape index (κ1) is 21.8. The van der Waals surface area contributed by atoms with E-state index in [9.17, 15) is 9.59 Å². The van der Waals surface area contributed by atoms with Gasteiger partial charge in [-0.2, -0.15) is 0 Å². The maximum absolute atomic E-state index is 13.3. The van der Waals surface area contributed by atoms with E-state index in [0.29, 0.717) is 36.8 Å². The van der Waals surface area contributed by atoms with Crippen LogP contribution < -0.4 is 4.74 Å². The van der Waals surface area contributed by atoms with E-state index in [-0.39, 0.29) is 17.6 Å². The second-order valence-electron chi connectivity index (χ2n) is 7.87. The van der Waals surface area contributed by atoms with Crippen molar-refractivity contribution in [1.29, 1.82) is 0 Å². The number of nitrogens with zero attached hydrogens (tertiary/aromatic N) is 1. The number of hydrogen-bond acceptors (Lipinski definition) is 5. The lowest BCUT2D eigenvalue weighted by Crippen LogP contribution is -2.33. The molecule has 0 saturated carbocycles. The Hall–Kier alpha value is -3.38.